The Morgan fingerprint density at radius 3 is 3.00 bits per heavy atom. The van der Waals surface area contributed by atoms with Gasteiger partial charge in [-0.2, -0.15) is 5.26 Å². The molecule has 0 aliphatic heterocycles. The van der Waals surface area contributed by atoms with Crippen LogP contribution < -0.4 is 5.73 Å². The van der Waals surface area contributed by atoms with Crippen LogP contribution in [0.4, 0.5) is 5.82 Å². The number of aromatic nitrogens is 4. The number of nitrogen functional groups attached to an aromatic ring is 1. The van der Waals surface area contributed by atoms with Gasteiger partial charge in [0.1, 0.15) is 17.3 Å². The van der Waals surface area contributed by atoms with E-state index in [1.54, 1.807) is 24.4 Å². The largest absolute Gasteiger partial charge is 0.506 e. The molecule has 7 nitrogen and oxygen atoms in total. The number of fused-ring (bicyclic) bond motifs is 1. The molecular formula is C13H10N6O. The molecule has 3 aromatic rings. The van der Waals surface area contributed by atoms with E-state index in [0.29, 0.717) is 12.1 Å². The fraction of sp³-hybridized carbons (Fsp3) is 0.0769. The maximum absolute atomic E-state index is 9.80. The number of benzene rings is 1. The van der Waals surface area contributed by atoms with Crippen molar-refractivity contribution in [1.29, 1.82) is 5.26 Å². The summed E-state index contributed by atoms with van der Waals surface area (Å²) in [6.45, 7) is 0.329. The lowest BCUT2D eigenvalue weighted by Gasteiger charge is -2.07. The zero-order chi connectivity index (χ0) is 14.1. The number of hydrogen-bond donors (Lipinski definition) is 2. The van der Waals surface area contributed by atoms with E-state index in [9.17, 15) is 5.11 Å². The Kier molecular flexibility index (Phi) is 2.69. The third-order valence-corrected chi connectivity index (χ3v) is 3.03. The highest BCUT2D eigenvalue weighted by Crippen LogP contribution is 2.26. The van der Waals surface area contributed by atoms with Crippen LogP contribution in [0.5, 0.6) is 5.75 Å². The maximum Gasteiger partial charge on any atom is 0.184 e. The van der Waals surface area contributed by atoms with E-state index in [4.69, 9.17) is 11.0 Å². The first kappa shape index (κ1) is 11.9. The second-order valence-corrected chi connectivity index (χ2v) is 4.24. The van der Waals surface area contributed by atoms with E-state index in [1.807, 2.05) is 12.1 Å². The minimum Gasteiger partial charge on any atom is -0.506 e. The van der Waals surface area contributed by atoms with E-state index < -0.39 is 0 Å². The van der Waals surface area contributed by atoms with Crippen LogP contribution in [0, 0.1) is 11.3 Å². The molecule has 98 valence electrons. The number of anilines is 1. The number of nitrogens with two attached hydrogens (primary N) is 1. The molecule has 0 saturated heterocycles. The Morgan fingerprint density at radius 2 is 2.20 bits per heavy atom. The molecule has 0 unspecified atom stereocenters. The zero-order valence-corrected chi connectivity index (χ0v) is 10.4. The minimum atomic E-state index is 0.105. The third-order valence-electron chi connectivity index (χ3n) is 3.03. The highest BCUT2D eigenvalue weighted by molar-refractivity contribution is 5.87. The normalized spacial score (nSPS) is 10.6. The Morgan fingerprint density at radius 1 is 1.35 bits per heavy atom. The van der Waals surface area contributed by atoms with Crippen molar-refractivity contribution in [3.63, 3.8) is 0 Å². The van der Waals surface area contributed by atoms with Gasteiger partial charge in [-0.25, -0.2) is 4.68 Å². The summed E-state index contributed by atoms with van der Waals surface area (Å²) in [5.74, 6) is 0.219. The molecule has 0 saturated carbocycles. The topological polar surface area (TPSA) is 114 Å². The van der Waals surface area contributed by atoms with Crippen LogP contribution in [0.2, 0.25) is 0 Å². The maximum atomic E-state index is 9.80. The zero-order valence-electron chi connectivity index (χ0n) is 10.4. The molecular weight excluding hydrogens is 256 g/mol. The van der Waals surface area contributed by atoms with Gasteiger partial charge in [-0.1, -0.05) is 17.3 Å². The van der Waals surface area contributed by atoms with Gasteiger partial charge in [0, 0.05) is 11.6 Å². The number of aromatic hydroxyl groups is 1. The average Bonchev–Trinajstić information content (AvgIpc) is 2.82. The van der Waals surface area contributed by atoms with E-state index >= 15 is 0 Å². The summed E-state index contributed by atoms with van der Waals surface area (Å²) < 4.78 is 1.42. The quantitative estimate of drug-likeness (QED) is 0.716. The molecule has 2 aromatic heterocycles. The molecule has 0 radical (unpaired) electrons. The summed E-state index contributed by atoms with van der Waals surface area (Å²) in [7, 11) is 0. The minimum absolute atomic E-state index is 0.105. The Balaban J connectivity index is 2.12. The summed E-state index contributed by atoms with van der Waals surface area (Å²) >= 11 is 0. The van der Waals surface area contributed by atoms with E-state index in [-0.39, 0.29) is 17.3 Å². The van der Waals surface area contributed by atoms with E-state index in [2.05, 4.69) is 15.3 Å². The molecule has 7 heteroatoms. The van der Waals surface area contributed by atoms with Crippen LogP contribution in [-0.2, 0) is 6.54 Å². The fourth-order valence-electron chi connectivity index (χ4n) is 2.07. The molecule has 0 aliphatic rings. The lowest BCUT2D eigenvalue weighted by Crippen LogP contribution is -2.05. The van der Waals surface area contributed by atoms with Gasteiger partial charge in [0.15, 0.2) is 11.5 Å². The lowest BCUT2D eigenvalue weighted by molar-refractivity contribution is 0.480. The molecule has 0 fully saturated rings. The first-order chi connectivity index (χ1) is 9.70. The molecule has 0 aliphatic carbocycles. The fourth-order valence-corrected chi connectivity index (χ4v) is 2.07. The van der Waals surface area contributed by atoms with Crippen LogP contribution in [0.3, 0.4) is 0 Å². The number of rotatable bonds is 2. The second kappa shape index (κ2) is 4.51. The molecule has 3 rings (SSSR count). The van der Waals surface area contributed by atoms with Gasteiger partial charge in [-0.15, -0.1) is 5.10 Å². The number of pyridine rings is 1. The van der Waals surface area contributed by atoms with Gasteiger partial charge in [-0.3, -0.25) is 4.98 Å². The Labute approximate surface area is 113 Å². The molecule has 0 spiro atoms. The van der Waals surface area contributed by atoms with Crippen LogP contribution in [0.25, 0.3) is 10.9 Å². The highest BCUT2D eigenvalue weighted by atomic mass is 16.3. The number of phenols is 1. The van der Waals surface area contributed by atoms with E-state index in [1.165, 1.54) is 4.68 Å². The Hall–Kier alpha value is -3.14. The number of phenolic OH excluding ortho intramolecular Hbond substituents is 1. The van der Waals surface area contributed by atoms with Crippen LogP contribution in [-0.4, -0.2) is 25.1 Å². The van der Waals surface area contributed by atoms with Crippen molar-refractivity contribution >= 4 is 16.7 Å². The summed E-state index contributed by atoms with van der Waals surface area (Å²) in [5.41, 5.74) is 7.17. The predicted molar refractivity (Wildman–Crippen MR) is 71.7 cm³/mol. The van der Waals surface area contributed by atoms with Crippen LogP contribution in [0.15, 0.2) is 30.5 Å². The van der Waals surface area contributed by atoms with Crippen LogP contribution in [0.1, 0.15) is 11.3 Å². The van der Waals surface area contributed by atoms with Gasteiger partial charge in [0.2, 0.25) is 0 Å². The van der Waals surface area contributed by atoms with Gasteiger partial charge >= 0.3 is 0 Å². The first-order valence-corrected chi connectivity index (χ1v) is 5.85. The average molecular weight is 266 g/mol. The molecule has 0 amide bonds. The van der Waals surface area contributed by atoms with E-state index in [0.717, 1.165) is 10.9 Å². The molecule has 2 heterocycles. The predicted octanol–water partition coefficient (Wildman–Crippen LogP) is 1.03. The van der Waals surface area contributed by atoms with Crippen molar-refractivity contribution in [3.05, 3.63) is 41.7 Å². The monoisotopic (exact) mass is 266 g/mol. The van der Waals surface area contributed by atoms with Crippen molar-refractivity contribution in [2.24, 2.45) is 0 Å². The summed E-state index contributed by atoms with van der Waals surface area (Å²) in [4.78, 5) is 4.15. The van der Waals surface area contributed by atoms with Gasteiger partial charge in [0.25, 0.3) is 0 Å². The summed E-state index contributed by atoms with van der Waals surface area (Å²) in [6, 6.07) is 8.94. The number of nitriles is 1. The van der Waals surface area contributed by atoms with Crippen molar-refractivity contribution in [2.75, 3.05) is 5.73 Å². The molecule has 0 atom stereocenters. The lowest BCUT2D eigenvalue weighted by atomic mass is 10.1. The SMILES string of the molecule is N#Cc1c(N)nnn1Cc1ccc(O)c2ncccc12. The van der Waals surface area contributed by atoms with Crippen molar-refractivity contribution in [3.8, 4) is 11.8 Å². The van der Waals surface area contributed by atoms with Crippen molar-refractivity contribution < 1.29 is 5.11 Å². The summed E-state index contributed by atoms with van der Waals surface area (Å²) in [6.07, 6.45) is 1.61. The molecule has 20 heavy (non-hydrogen) atoms. The first-order valence-electron chi connectivity index (χ1n) is 5.85. The molecule has 3 N–H and O–H groups in total. The summed E-state index contributed by atoms with van der Waals surface area (Å²) in [5, 5.41) is 27.2. The standard InChI is InChI=1S/C13H10N6O/c14-6-10-13(15)17-18-19(10)7-8-3-4-11(20)12-9(8)2-1-5-16-12/h1-5,20H,7,15H2. The highest BCUT2D eigenvalue weighted by Gasteiger charge is 2.12. The van der Waals surface area contributed by atoms with Gasteiger partial charge < -0.3 is 10.8 Å². The van der Waals surface area contributed by atoms with Gasteiger partial charge in [-0.05, 0) is 17.7 Å². The molecule has 1 aromatic carbocycles. The van der Waals surface area contributed by atoms with Crippen molar-refractivity contribution in [2.45, 2.75) is 6.54 Å². The van der Waals surface area contributed by atoms with Crippen LogP contribution >= 0.6 is 0 Å². The Bertz CT molecular complexity index is 832. The third kappa shape index (κ3) is 1.80. The molecule has 0 bridgehead atoms. The number of hydrogen-bond acceptors (Lipinski definition) is 6. The second-order valence-electron chi connectivity index (χ2n) is 4.24. The van der Waals surface area contributed by atoms with Crippen molar-refractivity contribution in [1.82, 2.24) is 20.0 Å². The number of nitrogens with zero attached hydrogens (tertiary/aromatic N) is 5. The smallest absolute Gasteiger partial charge is 0.184 e. The van der Waals surface area contributed by atoms with Gasteiger partial charge in [0.05, 0.1) is 6.54 Å².